The molecule has 4 aromatic rings. The third-order valence-electron chi connectivity index (χ3n) is 4.83. The third kappa shape index (κ3) is 4.47. The molecule has 0 fully saturated rings. The summed E-state index contributed by atoms with van der Waals surface area (Å²) in [6.07, 6.45) is 1.80. The summed E-state index contributed by atoms with van der Waals surface area (Å²) in [5.74, 6) is 1.66. The molecule has 0 atom stereocenters. The molecule has 0 unspecified atom stereocenters. The molecule has 0 saturated carbocycles. The van der Waals surface area contributed by atoms with Gasteiger partial charge in [-0.1, -0.05) is 62.9 Å². The summed E-state index contributed by atoms with van der Waals surface area (Å²) < 4.78 is 2.17. The van der Waals surface area contributed by atoms with Crippen molar-refractivity contribution < 1.29 is 0 Å². The van der Waals surface area contributed by atoms with Crippen LogP contribution >= 0.6 is 23.1 Å². The zero-order valence-corrected chi connectivity index (χ0v) is 19.3. The Balaban J connectivity index is 1.50. The second kappa shape index (κ2) is 8.70. The van der Waals surface area contributed by atoms with Gasteiger partial charge >= 0.3 is 0 Å². The molecule has 0 spiro atoms. The first-order valence-electron chi connectivity index (χ1n) is 9.98. The average Bonchev–Trinajstić information content (AvgIpc) is 3.39. The molecule has 5 nitrogen and oxygen atoms in total. The monoisotopic (exact) mass is 435 g/mol. The zero-order chi connectivity index (χ0) is 21.1. The van der Waals surface area contributed by atoms with Gasteiger partial charge in [-0.2, -0.15) is 0 Å². The summed E-state index contributed by atoms with van der Waals surface area (Å²) in [6.45, 7) is 9.62. The van der Waals surface area contributed by atoms with Crippen molar-refractivity contribution in [3.8, 4) is 22.1 Å². The van der Waals surface area contributed by atoms with Crippen LogP contribution in [0.1, 0.15) is 39.0 Å². The van der Waals surface area contributed by atoms with E-state index in [-0.39, 0.29) is 5.41 Å². The van der Waals surface area contributed by atoms with Gasteiger partial charge in [0.15, 0.2) is 11.0 Å². The normalized spacial score (nSPS) is 11.7. The van der Waals surface area contributed by atoms with Crippen molar-refractivity contribution in [1.82, 2.24) is 24.7 Å². The lowest BCUT2D eigenvalue weighted by Crippen LogP contribution is -2.10. The second-order valence-electron chi connectivity index (χ2n) is 8.03. The van der Waals surface area contributed by atoms with E-state index < -0.39 is 0 Å². The highest BCUT2D eigenvalue weighted by molar-refractivity contribution is 7.98. The van der Waals surface area contributed by atoms with Crippen molar-refractivity contribution in [3.63, 3.8) is 0 Å². The zero-order valence-electron chi connectivity index (χ0n) is 17.7. The topological polar surface area (TPSA) is 56.5 Å². The third-order valence-corrected chi connectivity index (χ3v) is 6.74. The molecule has 30 heavy (non-hydrogen) atoms. The Kier molecular flexibility index (Phi) is 6.01. The van der Waals surface area contributed by atoms with Gasteiger partial charge in [-0.3, -0.25) is 4.98 Å². The summed E-state index contributed by atoms with van der Waals surface area (Å²) >= 11 is 3.29. The van der Waals surface area contributed by atoms with Crippen LogP contribution in [0.3, 0.4) is 0 Å². The van der Waals surface area contributed by atoms with Gasteiger partial charge in [0.25, 0.3) is 0 Å². The Morgan fingerprint density at radius 2 is 1.83 bits per heavy atom. The van der Waals surface area contributed by atoms with Crippen molar-refractivity contribution in [2.45, 2.75) is 50.6 Å². The van der Waals surface area contributed by atoms with Crippen LogP contribution in [0.5, 0.6) is 0 Å². The molecule has 154 valence electrons. The molecule has 0 aliphatic rings. The number of benzene rings is 1. The van der Waals surface area contributed by atoms with Gasteiger partial charge in [-0.15, -0.1) is 21.5 Å². The van der Waals surface area contributed by atoms with Crippen molar-refractivity contribution in [2.75, 3.05) is 0 Å². The van der Waals surface area contributed by atoms with Crippen LogP contribution in [-0.2, 0) is 17.7 Å². The minimum atomic E-state index is 0.139. The SMILES string of the molecule is CCn1c(SCc2csc(-c3ccccn3)n2)nnc1-c1ccc(C(C)(C)C)cc1. The van der Waals surface area contributed by atoms with E-state index in [2.05, 4.69) is 77.1 Å². The van der Waals surface area contributed by atoms with Crippen molar-refractivity contribution in [2.24, 2.45) is 0 Å². The molecule has 7 heteroatoms. The Morgan fingerprint density at radius 3 is 2.50 bits per heavy atom. The summed E-state index contributed by atoms with van der Waals surface area (Å²) in [5.41, 5.74) is 4.49. The smallest absolute Gasteiger partial charge is 0.191 e. The molecule has 0 aliphatic carbocycles. The van der Waals surface area contributed by atoms with Crippen LogP contribution in [0.15, 0.2) is 59.2 Å². The van der Waals surface area contributed by atoms with E-state index in [0.29, 0.717) is 0 Å². The van der Waals surface area contributed by atoms with Crippen LogP contribution in [0.25, 0.3) is 22.1 Å². The predicted octanol–water partition coefficient (Wildman–Crippen LogP) is 6.07. The van der Waals surface area contributed by atoms with Gasteiger partial charge in [-0.05, 0) is 30.0 Å². The lowest BCUT2D eigenvalue weighted by atomic mass is 9.87. The highest BCUT2D eigenvalue weighted by atomic mass is 32.2. The van der Waals surface area contributed by atoms with E-state index in [1.165, 1.54) is 5.56 Å². The lowest BCUT2D eigenvalue weighted by molar-refractivity contribution is 0.590. The predicted molar refractivity (Wildman–Crippen MR) is 125 cm³/mol. The largest absolute Gasteiger partial charge is 0.302 e. The molecule has 0 radical (unpaired) electrons. The van der Waals surface area contributed by atoms with E-state index in [9.17, 15) is 0 Å². The van der Waals surface area contributed by atoms with E-state index in [0.717, 1.165) is 45.2 Å². The number of thioether (sulfide) groups is 1. The number of aromatic nitrogens is 5. The van der Waals surface area contributed by atoms with Crippen molar-refractivity contribution in [1.29, 1.82) is 0 Å². The highest BCUT2D eigenvalue weighted by Gasteiger charge is 2.17. The number of thiazole rings is 1. The van der Waals surface area contributed by atoms with Crippen molar-refractivity contribution >= 4 is 23.1 Å². The minimum Gasteiger partial charge on any atom is -0.302 e. The number of pyridine rings is 1. The Morgan fingerprint density at radius 1 is 1.03 bits per heavy atom. The summed E-state index contributed by atoms with van der Waals surface area (Å²) in [4.78, 5) is 9.11. The quantitative estimate of drug-likeness (QED) is 0.344. The maximum atomic E-state index is 4.73. The minimum absolute atomic E-state index is 0.139. The first-order chi connectivity index (χ1) is 14.5. The van der Waals surface area contributed by atoms with Crippen molar-refractivity contribution in [3.05, 3.63) is 65.3 Å². The molecule has 0 aliphatic heterocycles. The van der Waals surface area contributed by atoms with Gasteiger partial charge in [0, 0.05) is 29.4 Å². The average molecular weight is 436 g/mol. The van der Waals surface area contributed by atoms with E-state index in [4.69, 9.17) is 4.98 Å². The maximum Gasteiger partial charge on any atom is 0.191 e. The molecule has 0 saturated heterocycles. The molecular weight excluding hydrogens is 410 g/mol. The molecule has 4 rings (SSSR count). The number of nitrogens with zero attached hydrogens (tertiary/aromatic N) is 5. The second-order valence-corrected chi connectivity index (χ2v) is 9.83. The number of hydrogen-bond donors (Lipinski definition) is 0. The number of rotatable bonds is 6. The highest BCUT2D eigenvalue weighted by Crippen LogP contribution is 2.30. The van der Waals surface area contributed by atoms with Gasteiger partial charge in [0.2, 0.25) is 0 Å². The van der Waals surface area contributed by atoms with Gasteiger partial charge in [0.1, 0.15) is 5.01 Å². The first kappa shape index (κ1) is 20.8. The Labute approximate surface area is 185 Å². The van der Waals surface area contributed by atoms with Crippen LogP contribution in [0, 0.1) is 0 Å². The molecule has 3 heterocycles. The van der Waals surface area contributed by atoms with Crippen LogP contribution in [0.2, 0.25) is 0 Å². The fraction of sp³-hybridized carbons (Fsp3) is 0.304. The standard InChI is InChI=1S/C23H25N5S2/c1-5-28-20(16-9-11-17(12-10-16)23(2,3)4)26-27-22(28)30-15-18-14-29-21(25-18)19-8-6-7-13-24-19/h6-14H,5,15H2,1-4H3. The Hall–Kier alpha value is -2.51. The molecule has 1 aromatic carbocycles. The van der Waals surface area contributed by atoms with Gasteiger partial charge in [0.05, 0.1) is 11.4 Å². The molecule has 0 N–H and O–H groups in total. The van der Waals surface area contributed by atoms with Gasteiger partial charge < -0.3 is 4.57 Å². The first-order valence-corrected chi connectivity index (χ1v) is 11.8. The molecule has 3 aromatic heterocycles. The molecule has 0 amide bonds. The van der Waals surface area contributed by atoms with E-state index in [1.807, 2.05) is 18.2 Å². The van der Waals surface area contributed by atoms with E-state index in [1.54, 1.807) is 29.3 Å². The summed E-state index contributed by atoms with van der Waals surface area (Å²) in [5, 5.41) is 12.9. The van der Waals surface area contributed by atoms with Gasteiger partial charge in [-0.25, -0.2) is 4.98 Å². The van der Waals surface area contributed by atoms with E-state index >= 15 is 0 Å². The maximum absolute atomic E-state index is 4.73. The fourth-order valence-electron chi connectivity index (χ4n) is 3.13. The van der Waals surface area contributed by atoms with Crippen LogP contribution < -0.4 is 0 Å². The molecular formula is C23H25N5S2. The Bertz CT molecular complexity index is 1110. The van der Waals surface area contributed by atoms with Crippen LogP contribution in [-0.4, -0.2) is 24.7 Å². The van der Waals surface area contributed by atoms with Crippen LogP contribution in [0.4, 0.5) is 0 Å². The summed E-state index contributed by atoms with van der Waals surface area (Å²) in [6, 6.07) is 14.5. The fourth-order valence-corrected chi connectivity index (χ4v) is 4.93. The molecule has 0 bridgehead atoms. The lowest BCUT2D eigenvalue weighted by Gasteiger charge is -2.19. The summed E-state index contributed by atoms with van der Waals surface area (Å²) in [7, 11) is 0. The number of hydrogen-bond acceptors (Lipinski definition) is 6.